The molecule has 2 fully saturated rings. The van der Waals surface area contributed by atoms with Crippen molar-refractivity contribution in [3.63, 3.8) is 0 Å². The lowest BCUT2D eigenvalue weighted by molar-refractivity contribution is -0.133. The summed E-state index contributed by atoms with van der Waals surface area (Å²) in [5, 5.41) is 3.62. The first-order chi connectivity index (χ1) is 8.59. The lowest BCUT2D eigenvalue weighted by atomic mass is 9.98. The minimum atomic E-state index is -0.196. The number of hydrogen-bond acceptors (Lipinski definition) is 3. The van der Waals surface area contributed by atoms with Crippen LogP contribution in [0, 0.1) is 0 Å². The van der Waals surface area contributed by atoms with Crippen LogP contribution in [0.15, 0.2) is 0 Å². The maximum atomic E-state index is 12.6. The van der Waals surface area contributed by atoms with Crippen LogP contribution in [0.4, 0.5) is 0 Å². The summed E-state index contributed by atoms with van der Waals surface area (Å²) in [4.78, 5) is 16.9. The van der Waals surface area contributed by atoms with Gasteiger partial charge >= 0.3 is 0 Å². The molecule has 18 heavy (non-hydrogen) atoms. The Kier molecular flexibility index (Phi) is 4.28. The molecule has 1 aliphatic carbocycles. The van der Waals surface area contributed by atoms with Gasteiger partial charge in [-0.25, -0.2) is 0 Å². The fourth-order valence-corrected chi connectivity index (χ4v) is 3.35. The van der Waals surface area contributed by atoms with Gasteiger partial charge in [0.25, 0.3) is 0 Å². The third-order valence-corrected chi connectivity index (χ3v) is 4.34. The van der Waals surface area contributed by atoms with Crippen molar-refractivity contribution in [1.82, 2.24) is 15.1 Å². The molecule has 1 aliphatic heterocycles. The van der Waals surface area contributed by atoms with Crippen LogP contribution in [0.25, 0.3) is 0 Å². The molecular formula is C14H27N3O. The highest BCUT2D eigenvalue weighted by atomic mass is 16.2. The lowest BCUT2D eigenvalue weighted by Gasteiger charge is -2.24. The first-order valence-electron chi connectivity index (χ1n) is 7.32. The summed E-state index contributed by atoms with van der Waals surface area (Å²) in [6.07, 6.45) is 6.79. The van der Waals surface area contributed by atoms with Gasteiger partial charge in [-0.2, -0.15) is 0 Å². The molecule has 1 saturated heterocycles. The molecule has 104 valence electrons. The van der Waals surface area contributed by atoms with Crippen molar-refractivity contribution in [2.75, 3.05) is 27.2 Å². The predicted molar refractivity (Wildman–Crippen MR) is 73.3 cm³/mol. The molecule has 0 aromatic carbocycles. The van der Waals surface area contributed by atoms with Crippen molar-refractivity contribution < 1.29 is 4.79 Å². The summed E-state index contributed by atoms with van der Waals surface area (Å²) < 4.78 is 0. The molecule has 1 spiro atoms. The Labute approximate surface area is 111 Å². The Balaban J connectivity index is 1.97. The zero-order valence-corrected chi connectivity index (χ0v) is 12.0. The molecule has 0 radical (unpaired) electrons. The first-order valence-corrected chi connectivity index (χ1v) is 7.32. The fourth-order valence-electron chi connectivity index (χ4n) is 3.35. The van der Waals surface area contributed by atoms with E-state index in [4.69, 9.17) is 0 Å². The minimum Gasteiger partial charge on any atom is -0.326 e. The highest BCUT2D eigenvalue weighted by Crippen LogP contribution is 2.36. The molecule has 1 atom stereocenters. The topological polar surface area (TPSA) is 35.6 Å². The molecule has 0 aromatic rings. The van der Waals surface area contributed by atoms with E-state index in [1.165, 1.54) is 12.8 Å². The number of nitrogens with zero attached hydrogens (tertiary/aromatic N) is 2. The normalized spacial score (nSPS) is 26.8. The van der Waals surface area contributed by atoms with Crippen molar-refractivity contribution in [2.45, 2.75) is 57.2 Å². The fraction of sp³-hybridized carbons (Fsp3) is 0.929. The SMILES string of the molecule is CCC1NC2(CCCC2)C(=O)N1CCCN(C)C. The molecule has 1 N–H and O–H groups in total. The molecular weight excluding hydrogens is 226 g/mol. The number of nitrogens with one attached hydrogen (secondary N) is 1. The van der Waals surface area contributed by atoms with E-state index >= 15 is 0 Å². The Morgan fingerprint density at radius 1 is 1.39 bits per heavy atom. The van der Waals surface area contributed by atoms with Crippen LogP contribution >= 0.6 is 0 Å². The molecule has 1 saturated carbocycles. The summed E-state index contributed by atoms with van der Waals surface area (Å²) in [5.41, 5.74) is -0.196. The van der Waals surface area contributed by atoms with Gasteiger partial charge in [0.15, 0.2) is 0 Å². The van der Waals surface area contributed by atoms with Crippen LogP contribution in [0.5, 0.6) is 0 Å². The van der Waals surface area contributed by atoms with E-state index in [9.17, 15) is 4.79 Å². The van der Waals surface area contributed by atoms with Gasteiger partial charge in [-0.3, -0.25) is 10.1 Å². The van der Waals surface area contributed by atoms with Gasteiger partial charge in [-0.05, 0) is 46.3 Å². The van der Waals surface area contributed by atoms with Crippen LogP contribution in [-0.2, 0) is 4.79 Å². The minimum absolute atomic E-state index is 0.196. The second kappa shape index (κ2) is 5.57. The zero-order valence-electron chi connectivity index (χ0n) is 12.0. The van der Waals surface area contributed by atoms with Crippen LogP contribution in [0.3, 0.4) is 0 Å². The molecule has 1 amide bonds. The van der Waals surface area contributed by atoms with Crippen molar-refractivity contribution in [1.29, 1.82) is 0 Å². The van der Waals surface area contributed by atoms with E-state index in [2.05, 4.69) is 36.1 Å². The molecule has 0 bridgehead atoms. The van der Waals surface area contributed by atoms with Gasteiger partial charge in [0.2, 0.25) is 5.91 Å². The van der Waals surface area contributed by atoms with E-state index in [0.29, 0.717) is 5.91 Å². The zero-order chi connectivity index (χ0) is 13.2. The molecule has 4 nitrogen and oxygen atoms in total. The predicted octanol–water partition coefficient (Wildman–Crippen LogP) is 1.42. The largest absolute Gasteiger partial charge is 0.326 e. The summed E-state index contributed by atoms with van der Waals surface area (Å²) >= 11 is 0. The summed E-state index contributed by atoms with van der Waals surface area (Å²) in [5.74, 6) is 0.366. The lowest BCUT2D eigenvalue weighted by Crippen LogP contribution is -2.44. The van der Waals surface area contributed by atoms with Crippen LogP contribution in [0.1, 0.15) is 45.4 Å². The number of hydrogen-bond donors (Lipinski definition) is 1. The maximum absolute atomic E-state index is 12.6. The van der Waals surface area contributed by atoms with Gasteiger partial charge < -0.3 is 9.80 Å². The molecule has 1 heterocycles. The van der Waals surface area contributed by atoms with Gasteiger partial charge in [0.1, 0.15) is 0 Å². The summed E-state index contributed by atoms with van der Waals surface area (Å²) in [7, 11) is 4.17. The van der Waals surface area contributed by atoms with E-state index < -0.39 is 0 Å². The quantitative estimate of drug-likeness (QED) is 0.805. The van der Waals surface area contributed by atoms with E-state index in [-0.39, 0.29) is 11.7 Å². The Bertz CT molecular complexity index is 297. The third kappa shape index (κ3) is 2.54. The number of carbonyl (C=O) groups excluding carboxylic acids is 1. The van der Waals surface area contributed by atoms with Crippen molar-refractivity contribution >= 4 is 5.91 Å². The molecule has 0 aromatic heterocycles. The van der Waals surface area contributed by atoms with E-state index in [1.807, 2.05) is 0 Å². The van der Waals surface area contributed by atoms with Crippen LogP contribution in [0.2, 0.25) is 0 Å². The Morgan fingerprint density at radius 3 is 2.61 bits per heavy atom. The second-order valence-electron chi connectivity index (χ2n) is 6.01. The molecule has 2 aliphatic rings. The van der Waals surface area contributed by atoms with Gasteiger partial charge in [-0.1, -0.05) is 19.8 Å². The number of carbonyl (C=O) groups is 1. The molecule has 4 heteroatoms. The number of rotatable bonds is 5. The van der Waals surface area contributed by atoms with Crippen LogP contribution < -0.4 is 5.32 Å². The average molecular weight is 253 g/mol. The monoisotopic (exact) mass is 253 g/mol. The molecule has 2 rings (SSSR count). The van der Waals surface area contributed by atoms with E-state index in [1.54, 1.807) is 0 Å². The number of amides is 1. The van der Waals surface area contributed by atoms with Gasteiger partial charge in [-0.15, -0.1) is 0 Å². The van der Waals surface area contributed by atoms with Crippen molar-refractivity contribution in [2.24, 2.45) is 0 Å². The van der Waals surface area contributed by atoms with Gasteiger partial charge in [0.05, 0.1) is 11.7 Å². The first kappa shape index (κ1) is 13.8. The summed E-state index contributed by atoms with van der Waals surface area (Å²) in [6, 6.07) is 0. The smallest absolute Gasteiger partial charge is 0.244 e. The second-order valence-corrected chi connectivity index (χ2v) is 6.01. The standard InChI is InChI=1S/C14H27N3O/c1-4-12-15-14(8-5-6-9-14)13(18)17(12)11-7-10-16(2)3/h12,15H,4-11H2,1-3H3. The molecule has 1 unspecified atom stereocenters. The van der Waals surface area contributed by atoms with Crippen molar-refractivity contribution in [3.05, 3.63) is 0 Å². The maximum Gasteiger partial charge on any atom is 0.244 e. The highest BCUT2D eigenvalue weighted by molar-refractivity contribution is 5.89. The summed E-state index contributed by atoms with van der Waals surface area (Å²) in [6.45, 7) is 4.11. The van der Waals surface area contributed by atoms with Gasteiger partial charge in [0, 0.05) is 6.54 Å². The van der Waals surface area contributed by atoms with Crippen LogP contribution in [-0.4, -0.2) is 54.6 Å². The van der Waals surface area contributed by atoms with E-state index in [0.717, 1.165) is 38.8 Å². The Morgan fingerprint density at radius 2 is 2.06 bits per heavy atom. The average Bonchev–Trinajstić information content (AvgIpc) is 2.89. The Hall–Kier alpha value is -0.610. The highest BCUT2D eigenvalue weighted by Gasteiger charge is 2.51. The van der Waals surface area contributed by atoms with Crippen molar-refractivity contribution in [3.8, 4) is 0 Å². The third-order valence-electron chi connectivity index (χ3n) is 4.34.